The second kappa shape index (κ2) is 6.32. The van der Waals surface area contributed by atoms with E-state index in [9.17, 15) is 0 Å². The minimum Gasteiger partial charge on any atom is -0.257 e. The highest BCUT2D eigenvalue weighted by molar-refractivity contribution is 7.99. The van der Waals surface area contributed by atoms with Crippen molar-refractivity contribution < 1.29 is 0 Å². The van der Waals surface area contributed by atoms with Crippen LogP contribution in [0.1, 0.15) is 87.4 Å². The summed E-state index contributed by atoms with van der Waals surface area (Å²) >= 11 is 2.15. The van der Waals surface area contributed by atoms with E-state index in [1.165, 1.54) is 22.7 Å². The van der Waals surface area contributed by atoms with Gasteiger partial charge in [0.15, 0.2) is 0 Å². The minimum absolute atomic E-state index is 0.505. The maximum absolute atomic E-state index is 5.01. The van der Waals surface area contributed by atoms with Gasteiger partial charge in [0.1, 0.15) is 0 Å². The van der Waals surface area contributed by atoms with Crippen molar-refractivity contribution in [3.8, 4) is 0 Å². The summed E-state index contributed by atoms with van der Waals surface area (Å²) in [6.45, 7) is 18.6. The summed E-state index contributed by atoms with van der Waals surface area (Å²) in [5.41, 5.74) is 7.22. The predicted octanol–water partition coefficient (Wildman–Crippen LogP) is 5.80. The van der Waals surface area contributed by atoms with Crippen molar-refractivity contribution >= 4 is 11.8 Å². The van der Waals surface area contributed by atoms with Crippen LogP contribution >= 0.6 is 11.8 Å². The third kappa shape index (κ3) is 3.02. The van der Waals surface area contributed by atoms with E-state index in [1.807, 2.05) is 0 Å². The molecule has 2 heterocycles. The van der Waals surface area contributed by atoms with Gasteiger partial charge in [0.05, 0.1) is 0 Å². The Hall–Kier alpha value is -0.500. The first kappa shape index (κ1) is 16.9. The Kier molecular flexibility index (Phi) is 5.07. The number of nitrogens with zero attached hydrogens (tertiary/aromatic N) is 1. The lowest BCUT2D eigenvalue weighted by atomic mass is 9.78. The first-order chi connectivity index (χ1) is 9.75. The van der Waals surface area contributed by atoms with Crippen LogP contribution in [0.2, 0.25) is 0 Å². The molecule has 21 heavy (non-hydrogen) atoms. The zero-order valence-corrected chi connectivity index (χ0v) is 15.8. The molecule has 0 spiro atoms. The number of rotatable bonds is 2. The molecule has 2 rings (SSSR count). The zero-order valence-electron chi connectivity index (χ0n) is 14.9. The number of hydrogen-bond donors (Lipinski definition) is 0. The molecule has 0 amide bonds. The molecule has 0 bridgehead atoms. The Morgan fingerprint density at radius 3 is 2.19 bits per heavy atom. The van der Waals surface area contributed by atoms with E-state index in [0.29, 0.717) is 28.9 Å². The monoisotopic (exact) mass is 305 g/mol. The summed E-state index contributed by atoms with van der Waals surface area (Å²) in [7, 11) is 0. The van der Waals surface area contributed by atoms with Gasteiger partial charge in [-0.25, -0.2) is 0 Å². The third-order valence-electron chi connectivity index (χ3n) is 5.22. The molecule has 0 saturated carbocycles. The van der Waals surface area contributed by atoms with Crippen LogP contribution in [-0.4, -0.2) is 16.0 Å². The third-order valence-corrected chi connectivity index (χ3v) is 6.71. The van der Waals surface area contributed by atoms with E-state index in [0.717, 1.165) is 0 Å². The molecule has 1 aliphatic rings. The van der Waals surface area contributed by atoms with E-state index in [4.69, 9.17) is 4.98 Å². The molecule has 0 aliphatic carbocycles. The molecule has 0 radical (unpaired) electrons. The van der Waals surface area contributed by atoms with Crippen molar-refractivity contribution in [1.82, 2.24) is 4.98 Å². The van der Waals surface area contributed by atoms with Gasteiger partial charge in [-0.3, -0.25) is 4.98 Å². The number of aryl methyl sites for hydroxylation is 1. The van der Waals surface area contributed by atoms with Crippen molar-refractivity contribution in [2.45, 2.75) is 78.4 Å². The average molecular weight is 306 g/mol. The first-order valence-electron chi connectivity index (χ1n) is 8.38. The molecular formula is C19H31NS. The summed E-state index contributed by atoms with van der Waals surface area (Å²) in [6.07, 6.45) is 0. The standard InChI is InChI=1S/C19H31NS/c1-10(2)16-9-21-15(8)13(6)17-12(5)14(7)20-19(11(3)4)18(16)17/h10-11,13,15-16H,9H2,1-8H3/t13-,15+,16?/m1/s1. The molecule has 1 aliphatic heterocycles. The number of thioether (sulfide) groups is 1. The van der Waals surface area contributed by atoms with Gasteiger partial charge in [0, 0.05) is 22.4 Å². The summed E-state index contributed by atoms with van der Waals surface area (Å²) in [5.74, 6) is 3.68. The summed E-state index contributed by atoms with van der Waals surface area (Å²) in [4.78, 5) is 5.01. The molecular weight excluding hydrogens is 274 g/mol. The molecule has 0 fully saturated rings. The lowest BCUT2D eigenvalue weighted by molar-refractivity contribution is 0.527. The second-order valence-corrected chi connectivity index (χ2v) is 8.78. The fourth-order valence-electron chi connectivity index (χ4n) is 3.52. The van der Waals surface area contributed by atoms with Crippen LogP contribution in [0.5, 0.6) is 0 Å². The maximum Gasteiger partial charge on any atom is 0.0470 e. The Labute approximate surface area is 135 Å². The molecule has 1 aromatic heterocycles. The van der Waals surface area contributed by atoms with Gasteiger partial charge >= 0.3 is 0 Å². The summed E-state index contributed by atoms with van der Waals surface area (Å²) in [5, 5.41) is 0.688. The van der Waals surface area contributed by atoms with E-state index in [1.54, 1.807) is 11.1 Å². The molecule has 2 heteroatoms. The first-order valence-corrected chi connectivity index (χ1v) is 9.43. The Bertz CT molecular complexity index is 519. The topological polar surface area (TPSA) is 12.9 Å². The normalized spacial score (nSPS) is 26.1. The number of pyridine rings is 1. The summed E-state index contributed by atoms with van der Waals surface area (Å²) < 4.78 is 0. The summed E-state index contributed by atoms with van der Waals surface area (Å²) in [6, 6.07) is 0. The van der Waals surface area contributed by atoms with Crippen LogP contribution in [-0.2, 0) is 0 Å². The minimum atomic E-state index is 0.505. The molecule has 0 aromatic carbocycles. The highest BCUT2D eigenvalue weighted by Crippen LogP contribution is 2.46. The van der Waals surface area contributed by atoms with Crippen LogP contribution in [0.15, 0.2) is 0 Å². The molecule has 1 unspecified atom stereocenters. The van der Waals surface area contributed by atoms with Gasteiger partial charge in [-0.05, 0) is 54.2 Å². The van der Waals surface area contributed by atoms with Gasteiger partial charge < -0.3 is 0 Å². The Balaban J connectivity index is 2.79. The van der Waals surface area contributed by atoms with Crippen LogP contribution < -0.4 is 0 Å². The molecule has 0 saturated heterocycles. The van der Waals surface area contributed by atoms with Gasteiger partial charge in [-0.15, -0.1) is 0 Å². The number of fused-ring (bicyclic) bond motifs is 1. The van der Waals surface area contributed by atoms with Crippen LogP contribution in [0.3, 0.4) is 0 Å². The molecule has 1 aromatic rings. The largest absolute Gasteiger partial charge is 0.257 e. The van der Waals surface area contributed by atoms with Crippen LogP contribution in [0, 0.1) is 19.8 Å². The van der Waals surface area contributed by atoms with Gasteiger partial charge in [-0.2, -0.15) is 11.8 Å². The van der Waals surface area contributed by atoms with Crippen molar-refractivity contribution in [3.05, 3.63) is 28.1 Å². The quantitative estimate of drug-likeness (QED) is 0.685. The SMILES string of the molecule is Cc1nc(C(C)C)c2c(c1C)[C@H](C)[C@H](C)SCC2C(C)C. The number of aromatic nitrogens is 1. The number of hydrogen-bond acceptors (Lipinski definition) is 2. The Morgan fingerprint density at radius 1 is 1.05 bits per heavy atom. The lowest BCUT2D eigenvalue weighted by Crippen LogP contribution is -2.18. The van der Waals surface area contributed by atoms with E-state index in [-0.39, 0.29) is 0 Å². The van der Waals surface area contributed by atoms with Crippen molar-refractivity contribution in [1.29, 1.82) is 0 Å². The van der Waals surface area contributed by atoms with E-state index < -0.39 is 0 Å². The van der Waals surface area contributed by atoms with Crippen molar-refractivity contribution in [3.63, 3.8) is 0 Å². The van der Waals surface area contributed by atoms with Crippen molar-refractivity contribution in [2.75, 3.05) is 5.75 Å². The highest BCUT2D eigenvalue weighted by Gasteiger charge is 2.33. The van der Waals surface area contributed by atoms with Crippen molar-refractivity contribution in [2.24, 2.45) is 5.92 Å². The average Bonchev–Trinajstić information content (AvgIpc) is 2.52. The van der Waals surface area contributed by atoms with E-state index in [2.05, 4.69) is 67.2 Å². The smallest absolute Gasteiger partial charge is 0.0470 e. The molecule has 3 atom stereocenters. The highest BCUT2D eigenvalue weighted by atomic mass is 32.2. The predicted molar refractivity (Wildman–Crippen MR) is 95.7 cm³/mol. The van der Waals surface area contributed by atoms with Crippen LogP contribution in [0.25, 0.3) is 0 Å². The molecule has 1 nitrogen and oxygen atoms in total. The molecule has 118 valence electrons. The maximum atomic E-state index is 5.01. The lowest BCUT2D eigenvalue weighted by Gasteiger charge is -2.28. The van der Waals surface area contributed by atoms with Gasteiger partial charge in [0.25, 0.3) is 0 Å². The fourth-order valence-corrected chi connectivity index (χ4v) is 5.01. The molecule has 0 N–H and O–H groups in total. The van der Waals surface area contributed by atoms with Gasteiger partial charge in [-0.1, -0.05) is 41.5 Å². The zero-order chi connectivity index (χ0) is 15.9. The fraction of sp³-hybridized carbons (Fsp3) is 0.737. The van der Waals surface area contributed by atoms with Gasteiger partial charge in [0.2, 0.25) is 0 Å². The Morgan fingerprint density at radius 2 is 1.67 bits per heavy atom. The second-order valence-electron chi connectivity index (χ2n) is 7.37. The van der Waals surface area contributed by atoms with E-state index >= 15 is 0 Å². The van der Waals surface area contributed by atoms with Crippen LogP contribution in [0.4, 0.5) is 0 Å².